The van der Waals surface area contributed by atoms with Crippen LogP contribution in [0, 0.1) is 5.82 Å². The number of halogens is 4. The number of alkyl halides is 3. The van der Waals surface area contributed by atoms with Crippen molar-refractivity contribution in [2.24, 2.45) is 0 Å². The largest absolute Gasteiger partial charge is 0.406 e. The molecule has 1 aliphatic heterocycles. The second-order valence-corrected chi connectivity index (χ2v) is 6.18. The Bertz CT molecular complexity index is 496. The van der Waals surface area contributed by atoms with Gasteiger partial charge in [0.2, 0.25) is 0 Å². The smallest absolute Gasteiger partial charge is 0.297 e. The number of benzene rings is 1. The predicted octanol–water partition coefficient (Wildman–Crippen LogP) is 4.05. The average Bonchev–Trinajstić information content (AvgIpc) is 3.11. The Morgan fingerprint density at radius 2 is 2.00 bits per heavy atom. The van der Waals surface area contributed by atoms with Crippen LogP contribution in [0.15, 0.2) is 23.1 Å². The highest BCUT2D eigenvalue weighted by Gasteiger charge is 2.63. The molecule has 1 nitrogen and oxygen atoms in total. The summed E-state index contributed by atoms with van der Waals surface area (Å²) in [5.74, 6) is 0.297. The maximum Gasteiger partial charge on any atom is 0.406 e. The second kappa shape index (κ2) is 4.38. The van der Waals surface area contributed by atoms with Crippen molar-refractivity contribution in [2.75, 3.05) is 5.75 Å². The summed E-state index contributed by atoms with van der Waals surface area (Å²) in [6.07, 6.45) is -3.40. The molecule has 1 N–H and O–H groups in total. The van der Waals surface area contributed by atoms with E-state index in [0.717, 1.165) is 0 Å². The minimum absolute atomic E-state index is 0.116. The van der Waals surface area contributed by atoms with Crippen molar-refractivity contribution in [3.63, 3.8) is 0 Å². The van der Waals surface area contributed by atoms with Crippen molar-refractivity contribution in [1.29, 1.82) is 0 Å². The zero-order valence-corrected chi connectivity index (χ0v) is 10.9. The number of rotatable bonds is 2. The van der Waals surface area contributed by atoms with Crippen LogP contribution in [-0.2, 0) is 0 Å². The molecule has 0 spiro atoms. The fourth-order valence-electron chi connectivity index (χ4n) is 2.50. The molecule has 1 saturated carbocycles. The highest BCUT2D eigenvalue weighted by Crippen LogP contribution is 2.51. The highest BCUT2D eigenvalue weighted by molar-refractivity contribution is 7.99. The van der Waals surface area contributed by atoms with Crippen LogP contribution in [0.4, 0.5) is 17.6 Å². The summed E-state index contributed by atoms with van der Waals surface area (Å²) in [5.41, 5.74) is -1.09. The normalized spacial score (nSPS) is 24.9. The van der Waals surface area contributed by atoms with Crippen LogP contribution in [-0.4, -0.2) is 17.5 Å². The SMILES string of the molecule is Fc1cccc2c1SCCC2NC1(C(F)(F)F)CC1. The van der Waals surface area contributed by atoms with E-state index in [0.29, 0.717) is 22.6 Å². The van der Waals surface area contributed by atoms with E-state index < -0.39 is 17.8 Å². The Hall–Kier alpha value is -0.750. The molecule has 0 aromatic heterocycles. The van der Waals surface area contributed by atoms with Crippen molar-refractivity contribution >= 4 is 11.8 Å². The van der Waals surface area contributed by atoms with Crippen molar-refractivity contribution in [1.82, 2.24) is 5.32 Å². The minimum Gasteiger partial charge on any atom is -0.297 e. The molecule has 1 aliphatic carbocycles. The number of thioether (sulfide) groups is 1. The molecule has 1 fully saturated rings. The summed E-state index contributed by atoms with van der Waals surface area (Å²) in [6.45, 7) is 0. The molecule has 2 aliphatic rings. The third-order valence-corrected chi connectivity index (χ3v) is 4.93. The van der Waals surface area contributed by atoms with Crippen molar-refractivity contribution < 1.29 is 17.6 Å². The quantitative estimate of drug-likeness (QED) is 0.825. The molecule has 1 heterocycles. The van der Waals surface area contributed by atoms with Crippen LogP contribution in [0.25, 0.3) is 0 Å². The molecule has 1 atom stereocenters. The van der Waals surface area contributed by atoms with Crippen molar-refractivity contribution in [3.05, 3.63) is 29.6 Å². The van der Waals surface area contributed by atoms with E-state index in [1.807, 2.05) is 0 Å². The number of nitrogens with one attached hydrogen (secondary N) is 1. The van der Waals surface area contributed by atoms with E-state index in [2.05, 4.69) is 5.32 Å². The summed E-state index contributed by atoms with van der Waals surface area (Å²) in [6, 6.07) is 4.22. The third kappa shape index (κ3) is 2.25. The monoisotopic (exact) mass is 291 g/mol. The summed E-state index contributed by atoms with van der Waals surface area (Å²) in [7, 11) is 0. The zero-order chi connectivity index (χ0) is 13.7. The van der Waals surface area contributed by atoms with Crippen molar-refractivity contribution in [2.45, 2.75) is 41.9 Å². The van der Waals surface area contributed by atoms with Gasteiger partial charge in [-0.1, -0.05) is 12.1 Å². The minimum atomic E-state index is -4.23. The van der Waals surface area contributed by atoms with Crippen LogP contribution >= 0.6 is 11.8 Å². The molecule has 0 radical (unpaired) electrons. The van der Waals surface area contributed by atoms with Gasteiger partial charge >= 0.3 is 6.18 Å². The maximum atomic E-state index is 13.7. The fourth-order valence-corrected chi connectivity index (χ4v) is 3.65. The van der Waals surface area contributed by atoms with Crippen LogP contribution in [0.3, 0.4) is 0 Å². The van der Waals surface area contributed by atoms with Crippen molar-refractivity contribution in [3.8, 4) is 0 Å². The molecule has 3 rings (SSSR count). The Morgan fingerprint density at radius 1 is 1.26 bits per heavy atom. The molecule has 0 bridgehead atoms. The zero-order valence-electron chi connectivity index (χ0n) is 10.1. The molecule has 104 valence electrons. The Morgan fingerprint density at radius 3 is 2.63 bits per heavy atom. The molecular formula is C13H13F4NS. The van der Waals surface area contributed by atoms with Crippen LogP contribution in [0.2, 0.25) is 0 Å². The number of hydrogen-bond donors (Lipinski definition) is 1. The summed E-state index contributed by atoms with van der Waals surface area (Å²) < 4.78 is 52.5. The first-order valence-corrected chi connectivity index (χ1v) is 7.17. The Balaban J connectivity index is 1.87. The van der Waals surface area contributed by atoms with Gasteiger partial charge in [-0.05, 0) is 36.6 Å². The van der Waals surface area contributed by atoms with Gasteiger partial charge in [0.15, 0.2) is 0 Å². The van der Waals surface area contributed by atoms with Gasteiger partial charge in [0.25, 0.3) is 0 Å². The lowest BCUT2D eigenvalue weighted by Gasteiger charge is -2.31. The molecule has 0 saturated heterocycles. The van der Waals surface area contributed by atoms with E-state index in [1.54, 1.807) is 12.1 Å². The lowest BCUT2D eigenvalue weighted by Crippen LogP contribution is -2.47. The van der Waals surface area contributed by atoms with E-state index in [4.69, 9.17) is 0 Å². The first kappa shape index (κ1) is 13.2. The van der Waals surface area contributed by atoms with E-state index in [-0.39, 0.29) is 18.7 Å². The first-order valence-electron chi connectivity index (χ1n) is 6.19. The Kier molecular flexibility index (Phi) is 3.05. The topological polar surface area (TPSA) is 12.0 Å². The third-order valence-electron chi connectivity index (χ3n) is 3.77. The fraction of sp³-hybridized carbons (Fsp3) is 0.538. The van der Waals surface area contributed by atoms with Crippen LogP contribution in [0.5, 0.6) is 0 Å². The van der Waals surface area contributed by atoms with Gasteiger partial charge < -0.3 is 0 Å². The standard InChI is InChI=1S/C13H13F4NS/c14-9-3-1-2-8-10(4-7-19-11(8)9)18-12(5-6-12)13(15,16)17/h1-3,10,18H,4-7H2. The summed E-state index contributed by atoms with van der Waals surface area (Å²) in [4.78, 5) is 0.490. The molecule has 1 unspecified atom stereocenters. The predicted molar refractivity (Wildman–Crippen MR) is 65.6 cm³/mol. The molecular weight excluding hydrogens is 278 g/mol. The number of fused-ring (bicyclic) bond motifs is 1. The molecule has 6 heteroatoms. The summed E-state index contributed by atoms with van der Waals surface area (Å²) in [5, 5.41) is 2.72. The van der Waals surface area contributed by atoms with Gasteiger partial charge in [-0.25, -0.2) is 4.39 Å². The summed E-state index contributed by atoms with van der Waals surface area (Å²) >= 11 is 1.38. The van der Waals surface area contributed by atoms with E-state index in [9.17, 15) is 17.6 Å². The molecule has 1 aromatic rings. The van der Waals surface area contributed by atoms with Gasteiger partial charge in [-0.15, -0.1) is 11.8 Å². The first-order chi connectivity index (χ1) is 8.93. The molecule has 1 aromatic carbocycles. The van der Waals surface area contributed by atoms with Crippen LogP contribution < -0.4 is 5.32 Å². The lowest BCUT2D eigenvalue weighted by molar-refractivity contribution is -0.168. The highest BCUT2D eigenvalue weighted by atomic mass is 32.2. The van der Waals surface area contributed by atoms with Gasteiger partial charge in [-0.2, -0.15) is 13.2 Å². The van der Waals surface area contributed by atoms with Gasteiger partial charge in [0, 0.05) is 10.9 Å². The maximum absolute atomic E-state index is 13.7. The van der Waals surface area contributed by atoms with Gasteiger partial charge in [0.05, 0.1) is 0 Å². The second-order valence-electron chi connectivity index (χ2n) is 5.07. The molecule has 0 amide bonds. The van der Waals surface area contributed by atoms with E-state index in [1.165, 1.54) is 17.8 Å². The molecule has 19 heavy (non-hydrogen) atoms. The number of hydrogen-bond acceptors (Lipinski definition) is 2. The average molecular weight is 291 g/mol. The van der Waals surface area contributed by atoms with Crippen LogP contribution in [0.1, 0.15) is 30.9 Å². The van der Waals surface area contributed by atoms with Gasteiger partial charge in [0.1, 0.15) is 11.4 Å². The Labute approximate surface area is 112 Å². The van der Waals surface area contributed by atoms with Gasteiger partial charge in [-0.3, -0.25) is 5.32 Å². The lowest BCUT2D eigenvalue weighted by atomic mass is 10.0. The van der Waals surface area contributed by atoms with E-state index >= 15 is 0 Å².